The molecule has 4 nitrogen and oxygen atoms in total. The molecule has 0 heterocycles. The number of amides is 1. The molecule has 2 aromatic rings. The molecule has 0 atom stereocenters. The van der Waals surface area contributed by atoms with Gasteiger partial charge in [-0.25, -0.2) is 4.39 Å². The van der Waals surface area contributed by atoms with Crippen molar-refractivity contribution >= 4 is 11.6 Å². The maximum Gasteiger partial charge on any atom is 0.224 e. The van der Waals surface area contributed by atoms with E-state index in [4.69, 9.17) is 9.47 Å². The predicted molar refractivity (Wildman–Crippen MR) is 87.5 cm³/mol. The van der Waals surface area contributed by atoms with E-state index in [0.717, 1.165) is 11.3 Å². The van der Waals surface area contributed by atoms with Crippen molar-refractivity contribution in [3.63, 3.8) is 0 Å². The number of halogens is 1. The molecule has 5 heteroatoms. The Labute approximate surface area is 135 Å². The lowest BCUT2D eigenvalue weighted by molar-refractivity contribution is -0.116. The van der Waals surface area contributed by atoms with Gasteiger partial charge in [0, 0.05) is 12.5 Å². The van der Waals surface area contributed by atoms with Crippen LogP contribution < -0.4 is 14.8 Å². The fourth-order valence-electron chi connectivity index (χ4n) is 2.11. The van der Waals surface area contributed by atoms with Crippen LogP contribution in [0.1, 0.15) is 18.4 Å². The van der Waals surface area contributed by atoms with Crippen LogP contribution in [-0.2, 0) is 4.79 Å². The highest BCUT2D eigenvalue weighted by atomic mass is 19.1. The average molecular weight is 317 g/mol. The van der Waals surface area contributed by atoms with Gasteiger partial charge in [-0.1, -0.05) is 12.1 Å². The minimum atomic E-state index is -0.411. The Morgan fingerprint density at radius 3 is 2.78 bits per heavy atom. The van der Waals surface area contributed by atoms with Crippen molar-refractivity contribution in [1.82, 2.24) is 0 Å². The van der Waals surface area contributed by atoms with Gasteiger partial charge in [-0.15, -0.1) is 0 Å². The normalized spacial score (nSPS) is 10.2. The van der Waals surface area contributed by atoms with Crippen LogP contribution in [0.2, 0.25) is 0 Å². The zero-order valence-electron chi connectivity index (χ0n) is 13.3. The summed E-state index contributed by atoms with van der Waals surface area (Å²) < 4.78 is 23.7. The molecule has 0 aromatic heterocycles. The van der Waals surface area contributed by atoms with Crippen LogP contribution in [-0.4, -0.2) is 19.6 Å². The van der Waals surface area contributed by atoms with E-state index in [1.807, 2.05) is 31.2 Å². The second-order valence-corrected chi connectivity index (χ2v) is 5.16. The largest absolute Gasteiger partial charge is 0.494 e. The lowest BCUT2D eigenvalue weighted by Gasteiger charge is -2.10. The van der Waals surface area contributed by atoms with Gasteiger partial charge >= 0.3 is 0 Å². The van der Waals surface area contributed by atoms with Gasteiger partial charge in [0.25, 0.3) is 0 Å². The molecule has 0 saturated heterocycles. The van der Waals surface area contributed by atoms with E-state index in [1.165, 1.54) is 25.3 Å². The van der Waals surface area contributed by atoms with Crippen molar-refractivity contribution < 1.29 is 18.7 Å². The monoisotopic (exact) mass is 317 g/mol. The molecule has 1 amide bonds. The summed E-state index contributed by atoms with van der Waals surface area (Å²) in [6.07, 6.45) is 0.898. The maximum absolute atomic E-state index is 13.1. The van der Waals surface area contributed by atoms with Crippen LogP contribution in [0.5, 0.6) is 11.5 Å². The van der Waals surface area contributed by atoms with Gasteiger partial charge in [0.15, 0.2) is 0 Å². The van der Waals surface area contributed by atoms with E-state index in [-0.39, 0.29) is 5.91 Å². The van der Waals surface area contributed by atoms with Gasteiger partial charge in [0.2, 0.25) is 5.91 Å². The minimum Gasteiger partial charge on any atom is -0.494 e. The third-order valence-electron chi connectivity index (χ3n) is 3.24. The van der Waals surface area contributed by atoms with Crippen molar-refractivity contribution in [3.05, 3.63) is 53.8 Å². The number of anilines is 1. The summed E-state index contributed by atoms with van der Waals surface area (Å²) in [5, 5.41) is 2.71. The fourth-order valence-corrected chi connectivity index (χ4v) is 2.11. The number of hydrogen-bond acceptors (Lipinski definition) is 3. The van der Waals surface area contributed by atoms with Crippen LogP contribution in [0.4, 0.5) is 10.1 Å². The van der Waals surface area contributed by atoms with E-state index in [0.29, 0.717) is 30.9 Å². The Morgan fingerprint density at radius 1 is 1.22 bits per heavy atom. The van der Waals surface area contributed by atoms with Crippen LogP contribution in [0.25, 0.3) is 0 Å². The first-order valence-corrected chi connectivity index (χ1v) is 7.41. The first-order chi connectivity index (χ1) is 11.1. The molecule has 2 rings (SSSR count). The van der Waals surface area contributed by atoms with Crippen molar-refractivity contribution in [3.8, 4) is 11.5 Å². The van der Waals surface area contributed by atoms with Crippen LogP contribution in [0.15, 0.2) is 42.5 Å². The minimum absolute atomic E-state index is 0.164. The standard InChI is InChI=1S/C18H20FNO3/c1-13-5-3-6-15(11-13)23-10-4-7-18(21)20-16-9-8-14(19)12-17(16)22-2/h3,5-6,8-9,11-12H,4,7,10H2,1-2H3,(H,20,21). The summed E-state index contributed by atoms with van der Waals surface area (Å²) in [5.74, 6) is 0.522. The van der Waals surface area contributed by atoms with Crippen molar-refractivity contribution in [1.29, 1.82) is 0 Å². The summed E-state index contributed by atoms with van der Waals surface area (Å²) in [4.78, 5) is 11.9. The second-order valence-electron chi connectivity index (χ2n) is 5.16. The van der Waals surface area contributed by atoms with Gasteiger partial charge in [0.05, 0.1) is 19.4 Å². The summed E-state index contributed by atoms with van der Waals surface area (Å²) >= 11 is 0. The average Bonchev–Trinajstić information content (AvgIpc) is 2.53. The lowest BCUT2D eigenvalue weighted by Crippen LogP contribution is -2.13. The Bertz CT molecular complexity index is 673. The summed E-state index contributed by atoms with van der Waals surface area (Å²) in [6, 6.07) is 11.7. The maximum atomic E-state index is 13.1. The van der Waals surface area contributed by atoms with Gasteiger partial charge in [-0.05, 0) is 43.2 Å². The van der Waals surface area contributed by atoms with E-state index in [9.17, 15) is 9.18 Å². The molecule has 0 spiro atoms. The lowest BCUT2D eigenvalue weighted by atomic mass is 10.2. The topological polar surface area (TPSA) is 47.6 Å². The Morgan fingerprint density at radius 2 is 2.04 bits per heavy atom. The molecule has 122 valence electrons. The van der Waals surface area contributed by atoms with Gasteiger partial charge < -0.3 is 14.8 Å². The highest BCUT2D eigenvalue weighted by Crippen LogP contribution is 2.25. The zero-order valence-corrected chi connectivity index (χ0v) is 13.3. The predicted octanol–water partition coefficient (Wildman–Crippen LogP) is 3.94. The molecule has 2 aromatic carbocycles. The molecule has 0 bridgehead atoms. The molecule has 0 saturated carbocycles. The van der Waals surface area contributed by atoms with Crippen LogP contribution in [0.3, 0.4) is 0 Å². The summed E-state index contributed by atoms with van der Waals surface area (Å²) in [6.45, 7) is 2.45. The number of rotatable bonds is 7. The first-order valence-electron chi connectivity index (χ1n) is 7.41. The third-order valence-corrected chi connectivity index (χ3v) is 3.24. The highest BCUT2D eigenvalue weighted by molar-refractivity contribution is 5.92. The van der Waals surface area contributed by atoms with E-state index < -0.39 is 5.82 Å². The van der Waals surface area contributed by atoms with E-state index in [2.05, 4.69) is 5.32 Å². The smallest absolute Gasteiger partial charge is 0.224 e. The first kappa shape index (κ1) is 16.8. The molecular weight excluding hydrogens is 297 g/mol. The molecule has 0 aliphatic rings. The molecule has 1 N–H and O–H groups in total. The molecule has 0 unspecified atom stereocenters. The fraction of sp³-hybridized carbons (Fsp3) is 0.278. The SMILES string of the molecule is COc1cc(F)ccc1NC(=O)CCCOc1cccc(C)c1. The summed E-state index contributed by atoms with van der Waals surface area (Å²) in [7, 11) is 1.43. The number of benzene rings is 2. The molecule has 0 aliphatic heterocycles. The van der Waals surface area contributed by atoms with Gasteiger partial charge in [0.1, 0.15) is 17.3 Å². The number of ether oxygens (including phenoxy) is 2. The molecule has 0 fully saturated rings. The Kier molecular flexibility index (Phi) is 5.97. The van der Waals surface area contributed by atoms with Crippen molar-refractivity contribution in [2.75, 3.05) is 19.0 Å². The van der Waals surface area contributed by atoms with Crippen LogP contribution >= 0.6 is 0 Å². The number of carbonyl (C=O) groups is 1. The Hall–Kier alpha value is -2.56. The molecule has 0 radical (unpaired) electrons. The highest BCUT2D eigenvalue weighted by Gasteiger charge is 2.08. The molecule has 23 heavy (non-hydrogen) atoms. The quantitative estimate of drug-likeness (QED) is 0.787. The Balaban J connectivity index is 1.77. The number of aryl methyl sites for hydroxylation is 1. The van der Waals surface area contributed by atoms with Gasteiger partial charge in [-0.3, -0.25) is 4.79 Å². The number of nitrogens with one attached hydrogen (secondary N) is 1. The van der Waals surface area contributed by atoms with E-state index in [1.54, 1.807) is 0 Å². The van der Waals surface area contributed by atoms with E-state index >= 15 is 0 Å². The number of carbonyl (C=O) groups excluding carboxylic acids is 1. The number of hydrogen-bond donors (Lipinski definition) is 1. The van der Waals surface area contributed by atoms with Gasteiger partial charge in [-0.2, -0.15) is 0 Å². The number of methoxy groups -OCH3 is 1. The molecular formula is C18H20FNO3. The molecule has 0 aliphatic carbocycles. The van der Waals surface area contributed by atoms with Crippen molar-refractivity contribution in [2.45, 2.75) is 19.8 Å². The van der Waals surface area contributed by atoms with Crippen LogP contribution in [0, 0.1) is 12.7 Å². The van der Waals surface area contributed by atoms with Crippen molar-refractivity contribution in [2.24, 2.45) is 0 Å². The second kappa shape index (κ2) is 8.17. The third kappa shape index (κ3) is 5.29. The summed E-state index contributed by atoms with van der Waals surface area (Å²) in [5.41, 5.74) is 1.59. The zero-order chi connectivity index (χ0) is 16.7.